The molecule has 1 atom stereocenters. The quantitative estimate of drug-likeness (QED) is 0.284. The van der Waals surface area contributed by atoms with Gasteiger partial charge in [0.25, 0.3) is 5.91 Å². The lowest BCUT2D eigenvalue weighted by Gasteiger charge is -2.17. The number of aromatic nitrogens is 1. The summed E-state index contributed by atoms with van der Waals surface area (Å²) in [4.78, 5) is 42.3. The maximum atomic E-state index is 12.9. The van der Waals surface area contributed by atoms with Crippen LogP contribution in [0.3, 0.4) is 0 Å². The van der Waals surface area contributed by atoms with Gasteiger partial charge in [-0.15, -0.1) is 0 Å². The predicted octanol–water partition coefficient (Wildman–Crippen LogP) is 4.52. The van der Waals surface area contributed by atoms with Crippen molar-refractivity contribution in [2.24, 2.45) is 0 Å². The topological polar surface area (TPSA) is 102 Å². The van der Waals surface area contributed by atoms with Crippen molar-refractivity contribution in [3.05, 3.63) is 88.5 Å². The number of thiocarbonyl (C=S) groups is 1. The number of thioether (sulfide) groups is 1. The SMILES string of the molecule is CC(=Cc1ccccc1)C=C1SC(=S)N(CCC(=O)NC(Cc2c[nH]c3ccccc23)C(=O)O)C1=O. The molecule has 2 aromatic carbocycles. The van der Waals surface area contributed by atoms with Gasteiger partial charge in [-0.3, -0.25) is 14.5 Å². The number of nitrogens with zero attached hydrogens (tertiary/aromatic N) is 1. The van der Waals surface area contributed by atoms with Crippen LogP contribution in [0.25, 0.3) is 17.0 Å². The van der Waals surface area contributed by atoms with Crippen LogP contribution in [-0.4, -0.2) is 49.7 Å². The van der Waals surface area contributed by atoms with Gasteiger partial charge in [0, 0.05) is 36.5 Å². The lowest BCUT2D eigenvalue weighted by atomic mass is 10.0. The Morgan fingerprint density at radius 3 is 2.64 bits per heavy atom. The highest BCUT2D eigenvalue weighted by Crippen LogP contribution is 2.32. The number of amides is 2. The predicted molar refractivity (Wildman–Crippen MR) is 146 cm³/mol. The second-order valence-corrected chi connectivity index (χ2v) is 10.1. The molecule has 1 fully saturated rings. The standard InChI is InChI=1S/C27H25N3O4S2/c1-17(13-18-7-3-2-4-8-18)14-23-25(32)30(27(35)36-23)12-11-24(31)29-22(26(33)34)15-19-16-28-21-10-6-5-9-20(19)21/h2-10,13-14,16,22,28H,11-12,15H2,1H3,(H,29,31)(H,33,34). The molecule has 1 aromatic heterocycles. The van der Waals surface area contributed by atoms with Crippen molar-refractivity contribution in [3.63, 3.8) is 0 Å². The molecule has 184 valence electrons. The van der Waals surface area contributed by atoms with Crippen LogP contribution in [0.4, 0.5) is 0 Å². The Bertz CT molecular complexity index is 1380. The van der Waals surface area contributed by atoms with Crippen LogP contribution in [0.2, 0.25) is 0 Å². The molecule has 0 radical (unpaired) electrons. The van der Waals surface area contributed by atoms with Crippen molar-refractivity contribution in [2.45, 2.75) is 25.8 Å². The van der Waals surface area contributed by atoms with E-state index < -0.39 is 17.9 Å². The molecular weight excluding hydrogens is 494 g/mol. The van der Waals surface area contributed by atoms with E-state index in [1.807, 2.05) is 67.6 Å². The van der Waals surface area contributed by atoms with E-state index >= 15 is 0 Å². The highest BCUT2D eigenvalue weighted by molar-refractivity contribution is 8.26. The molecule has 0 spiro atoms. The highest BCUT2D eigenvalue weighted by Gasteiger charge is 2.32. The number of nitrogens with one attached hydrogen (secondary N) is 2. The van der Waals surface area contributed by atoms with Crippen LogP contribution in [0.5, 0.6) is 0 Å². The number of aliphatic carboxylic acids is 1. The van der Waals surface area contributed by atoms with Gasteiger partial charge in [-0.2, -0.15) is 0 Å². The summed E-state index contributed by atoms with van der Waals surface area (Å²) in [6.45, 7) is 1.99. The summed E-state index contributed by atoms with van der Waals surface area (Å²) in [5.74, 6) is -1.84. The van der Waals surface area contributed by atoms with E-state index in [-0.39, 0.29) is 25.3 Å². The Hall–Kier alpha value is -3.69. The zero-order valence-electron chi connectivity index (χ0n) is 19.6. The second kappa shape index (κ2) is 11.4. The van der Waals surface area contributed by atoms with Crippen molar-refractivity contribution in [2.75, 3.05) is 6.54 Å². The average molecular weight is 520 g/mol. The zero-order valence-corrected chi connectivity index (χ0v) is 21.2. The number of carboxylic acids is 1. The van der Waals surface area contributed by atoms with Gasteiger partial charge in [-0.05, 0) is 35.8 Å². The number of hydrogen-bond acceptors (Lipinski definition) is 5. The van der Waals surface area contributed by atoms with E-state index in [0.717, 1.165) is 27.6 Å². The van der Waals surface area contributed by atoms with Gasteiger partial charge in [-0.1, -0.05) is 78.6 Å². The van der Waals surface area contributed by atoms with Crippen LogP contribution >= 0.6 is 24.0 Å². The molecule has 1 unspecified atom stereocenters. The summed E-state index contributed by atoms with van der Waals surface area (Å²) < 4.78 is 0.375. The molecule has 2 amide bonds. The Morgan fingerprint density at radius 1 is 1.17 bits per heavy atom. The molecule has 0 bridgehead atoms. The van der Waals surface area contributed by atoms with Crippen LogP contribution in [-0.2, 0) is 20.8 Å². The first-order valence-electron chi connectivity index (χ1n) is 11.4. The Balaban J connectivity index is 1.35. The van der Waals surface area contributed by atoms with E-state index in [2.05, 4.69) is 10.3 Å². The fourth-order valence-corrected chi connectivity index (χ4v) is 5.31. The largest absolute Gasteiger partial charge is 0.480 e. The van der Waals surface area contributed by atoms with E-state index in [4.69, 9.17) is 12.2 Å². The normalized spacial score (nSPS) is 16.1. The van der Waals surface area contributed by atoms with E-state index in [1.54, 1.807) is 12.3 Å². The molecule has 1 aliphatic rings. The molecule has 3 N–H and O–H groups in total. The van der Waals surface area contributed by atoms with Crippen molar-refractivity contribution < 1.29 is 19.5 Å². The van der Waals surface area contributed by atoms with Gasteiger partial charge in [0.1, 0.15) is 10.4 Å². The summed E-state index contributed by atoms with van der Waals surface area (Å²) in [5.41, 5.74) is 3.64. The lowest BCUT2D eigenvalue weighted by Crippen LogP contribution is -2.43. The second-order valence-electron chi connectivity index (χ2n) is 8.40. The number of carbonyl (C=O) groups excluding carboxylic acids is 2. The summed E-state index contributed by atoms with van der Waals surface area (Å²) in [6, 6.07) is 16.3. The highest BCUT2D eigenvalue weighted by atomic mass is 32.2. The molecule has 36 heavy (non-hydrogen) atoms. The number of H-pyrrole nitrogens is 1. The molecule has 4 rings (SSSR count). The molecule has 7 nitrogen and oxygen atoms in total. The van der Waals surface area contributed by atoms with Gasteiger partial charge in [0.15, 0.2) is 0 Å². The smallest absolute Gasteiger partial charge is 0.326 e. The molecule has 9 heteroatoms. The third kappa shape index (κ3) is 6.10. The number of allylic oxidation sites excluding steroid dienone is 2. The van der Waals surface area contributed by atoms with Gasteiger partial charge >= 0.3 is 5.97 Å². The monoisotopic (exact) mass is 519 g/mol. The molecule has 3 aromatic rings. The number of rotatable bonds is 9. The third-order valence-electron chi connectivity index (χ3n) is 5.72. The summed E-state index contributed by atoms with van der Waals surface area (Å²) in [7, 11) is 0. The number of carbonyl (C=O) groups is 3. The lowest BCUT2D eigenvalue weighted by molar-refractivity contribution is -0.141. The number of para-hydroxylation sites is 1. The molecule has 1 saturated heterocycles. The zero-order chi connectivity index (χ0) is 25.7. The van der Waals surface area contributed by atoms with Crippen LogP contribution in [0.15, 0.2) is 77.3 Å². The number of aromatic amines is 1. The first-order valence-corrected chi connectivity index (χ1v) is 12.6. The fraction of sp³-hybridized carbons (Fsp3) is 0.185. The van der Waals surface area contributed by atoms with Crippen LogP contribution < -0.4 is 5.32 Å². The molecule has 0 aliphatic carbocycles. The Labute approximate surface area is 218 Å². The third-order valence-corrected chi connectivity index (χ3v) is 7.10. The van der Waals surface area contributed by atoms with Crippen LogP contribution in [0.1, 0.15) is 24.5 Å². The van der Waals surface area contributed by atoms with E-state index in [9.17, 15) is 19.5 Å². The van der Waals surface area contributed by atoms with Crippen molar-refractivity contribution in [1.29, 1.82) is 0 Å². The number of carboxylic acid groups (broad SMARTS) is 1. The molecular formula is C27H25N3O4S2. The molecule has 1 aliphatic heterocycles. The maximum Gasteiger partial charge on any atom is 0.326 e. The summed E-state index contributed by atoms with van der Waals surface area (Å²) in [5, 5.41) is 13.2. The Kier molecular flexibility index (Phi) is 8.02. The van der Waals surface area contributed by atoms with Gasteiger partial charge < -0.3 is 15.4 Å². The van der Waals surface area contributed by atoms with Gasteiger partial charge in [-0.25, -0.2) is 4.79 Å². The minimum atomic E-state index is -1.12. The molecule has 2 heterocycles. The van der Waals surface area contributed by atoms with Crippen molar-refractivity contribution >= 4 is 63.1 Å². The minimum Gasteiger partial charge on any atom is -0.480 e. The maximum absolute atomic E-state index is 12.9. The minimum absolute atomic E-state index is 0.0593. The summed E-state index contributed by atoms with van der Waals surface area (Å²) in [6.07, 6.45) is 5.60. The van der Waals surface area contributed by atoms with Crippen LogP contribution in [0, 0.1) is 0 Å². The first-order chi connectivity index (χ1) is 17.3. The van der Waals surface area contributed by atoms with Crippen molar-refractivity contribution in [3.8, 4) is 0 Å². The molecule has 0 saturated carbocycles. The Morgan fingerprint density at radius 2 is 1.89 bits per heavy atom. The first kappa shape index (κ1) is 25.4. The number of fused-ring (bicyclic) bond motifs is 1. The van der Waals surface area contributed by atoms with Crippen molar-refractivity contribution in [1.82, 2.24) is 15.2 Å². The fourth-order valence-electron chi connectivity index (χ4n) is 3.95. The summed E-state index contributed by atoms with van der Waals surface area (Å²) >= 11 is 6.55. The number of hydrogen-bond donors (Lipinski definition) is 3. The number of benzene rings is 2. The average Bonchev–Trinajstić information content (AvgIpc) is 3.37. The van der Waals surface area contributed by atoms with Gasteiger partial charge in [0.05, 0.1) is 4.91 Å². The van der Waals surface area contributed by atoms with E-state index in [1.165, 1.54) is 16.7 Å². The van der Waals surface area contributed by atoms with Gasteiger partial charge in [0.2, 0.25) is 5.91 Å². The van der Waals surface area contributed by atoms with E-state index in [0.29, 0.717) is 9.23 Å².